The van der Waals surface area contributed by atoms with Crippen LogP contribution in [0.5, 0.6) is 0 Å². The molecule has 0 radical (unpaired) electrons. The van der Waals surface area contributed by atoms with Crippen LogP contribution in [0.4, 0.5) is 0 Å². The Labute approximate surface area is 102 Å². The van der Waals surface area contributed by atoms with Crippen molar-refractivity contribution in [1.29, 1.82) is 0 Å². The van der Waals surface area contributed by atoms with Gasteiger partial charge in [-0.15, -0.1) is 0 Å². The number of H-pyrrole nitrogens is 1. The monoisotopic (exact) mass is 272 g/mol. The molecule has 0 aliphatic rings. The normalized spacial score (nSPS) is 11.6. The van der Waals surface area contributed by atoms with Crippen molar-refractivity contribution in [1.82, 2.24) is 9.78 Å². The van der Waals surface area contributed by atoms with Crippen LogP contribution < -0.4 is 5.56 Å². The quantitative estimate of drug-likeness (QED) is 0.838. The lowest BCUT2D eigenvalue weighted by atomic mass is 10.1. The standard InChI is InChI=1S/C10H9ClN2O3S/c1-13-10(14)6-8(12-13)7-4-2-3-5-9(7)17(11,15)16/h2-6,12H,1H3. The van der Waals surface area contributed by atoms with Gasteiger partial charge in [-0.3, -0.25) is 14.6 Å². The minimum absolute atomic E-state index is 0.0245. The molecule has 17 heavy (non-hydrogen) atoms. The fourth-order valence-corrected chi connectivity index (χ4v) is 2.61. The average Bonchev–Trinajstić information content (AvgIpc) is 2.58. The second kappa shape index (κ2) is 4.05. The Morgan fingerprint density at radius 2 is 1.94 bits per heavy atom. The highest BCUT2D eigenvalue weighted by molar-refractivity contribution is 8.13. The van der Waals surface area contributed by atoms with E-state index < -0.39 is 9.05 Å². The van der Waals surface area contributed by atoms with Crippen molar-refractivity contribution in [3.8, 4) is 11.3 Å². The topological polar surface area (TPSA) is 71.9 Å². The van der Waals surface area contributed by atoms with E-state index in [0.717, 1.165) is 0 Å². The van der Waals surface area contributed by atoms with Crippen LogP contribution in [0.3, 0.4) is 0 Å². The molecule has 0 amide bonds. The van der Waals surface area contributed by atoms with Crippen LogP contribution in [0.15, 0.2) is 40.0 Å². The van der Waals surface area contributed by atoms with Gasteiger partial charge in [-0.2, -0.15) is 0 Å². The molecule has 2 aromatic rings. The second-order valence-electron chi connectivity index (χ2n) is 3.50. The van der Waals surface area contributed by atoms with Gasteiger partial charge >= 0.3 is 0 Å². The number of halogens is 1. The molecular formula is C10H9ClN2O3S. The zero-order valence-electron chi connectivity index (χ0n) is 8.84. The first-order valence-corrected chi connectivity index (χ1v) is 7.00. The highest BCUT2D eigenvalue weighted by atomic mass is 35.7. The van der Waals surface area contributed by atoms with Crippen LogP contribution in [0.2, 0.25) is 0 Å². The third-order valence-electron chi connectivity index (χ3n) is 2.33. The smallest absolute Gasteiger partial charge is 0.266 e. The maximum absolute atomic E-state index is 11.4. The van der Waals surface area contributed by atoms with Crippen LogP contribution in [0.1, 0.15) is 0 Å². The van der Waals surface area contributed by atoms with Crippen LogP contribution in [0.25, 0.3) is 11.3 Å². The van der Waals surface area contributed by atoms with Gasteiger partial charge in [-0.25, -0.2) is 8.42 Å². The molecule has 0 aliphatic carbocycles. The summed E-state index contributed by atoms with van der Waals surface area (Å²) in [7, 11) is 3.03. The largest absolute Gasteiger partial charge is 0.295 e. The number of benzene rings is 1. The number of aromatic amines is 1. The fourth-order valence-electron chi connectivity index (χ4n) is 1.53. The number of hydrogen-bond donors (Lipinski definition) is 1. The van der Waals surface area contributed by atoms with Crippen LogP contribution in [-0.2, 0) is 16.1 Å². The number of rotatable bonds is 2. The van der Waals surface area contributed by atoms with Crippen LogP contribution in [-0.4, -0.2) is 18.2 Å². The maximum Gasteiger partial charge on any atom is 0.266 e. The van der Waals surface area contributed by atoms with Gasteiger partial charge in [0.15, 0.2) is 0 Å². The number of aromatic nitrogens is 2. The van der Waals surface area contributed by atoms with Gasteiger partial charge in [0.25, 0.3) is 14.6 Å². The van der Waals surface area contributed by atoms with E-state index in [4.69, 9.17) is 10.7 Å². The zero-order chi connectivity index (χ0) is 12.6. The molecule has 1 N–H and O–H groups in total. The molecule has 5 nitrogen and oxygen atoms in total. The minimum Gasteiger partial charge on any atom is -0.295 e. The van der Waals surface area contributed by atoms with Crippen molar-refractivity contribution < 1.29 is 8.42 Å². The van der Waals surface area contributed by atoms with Crippen molar-refractivity contribution in [2.45, 2.75) is 4.90 Å². The SMILES string of the molecule is Cn1[nH]c(-c2ccccc2S(=O)(=O)Cl)cc1=O. The van der Waals surface area contributed by atoms with E-state index >= 15 is 0 Å². The van der Waals surface area contributed by atoms with Crippen molar-refractivity contribution in [3.05, 3.63) is 40.7 Å². The van der Waals surface area contributed by atoms with Gasteiger partial charge in [0.1, 0.15) is 0 Å². The van der Waals surface area contributed by atoms with Gasteiger partial charge in [0.05, 0.1) is 10.6 Å². The highest BCUT2D eigenvalue weighted by Gasteiger charge is 2.17. The average molecular weight is 273 g/mol. The van der Waals surface area contributed by atoms with Gasteiger partial charge in [0.2, 0.25) is 0 Å². The van der Waals surface area contributed by atoms with E-state index in [1.807, 2.05) is 0 Å². The maximum atomic E-state index is 11.4. The summed E-state index contributed by atoms with van der Waals surface area (Å²) < 4.78 is 24.0. The summed E-state index contributed by atoms with van der Waals surface area (Å²) in [6, 6.07) is 7.54. The number of nitrogens with zero attached hydrogens (tertiary/aromatic N) is 1. The van der Waals surface area contributed by atoms with E-state index in [2.05, 4.69) is 5.10 Å². The molecule has 0 atom stereocenters. The Kier molecular flexibility index (Phi) is 2.84. The first kappa shape index (κ1) is 11.9. The molecule has 7 heteroatoms. The lowest BCUT2D eigenvalue weighted by Crippen LogP contribution is -2.09. The molecule has 0 spiro atoms. The molecule has 0 aliphatic heterocycles. The zero-order valence-corrected chi connectivity index (χ0v) is 10.4. The second-order valence-corrected chi connectivity index (χ2v) is 6.04. The fraction of sp³-hybridized carbons (Fsp3) is 0.100. The van der Waals surface area contributed by atoms with E-state index in [-0.39, 0.29) is 10.5 Å². The van der Waals surface area contributed by atoms with Gasteiger partial charge in [0, 0.05) is 29.4 Å². The summed E-state index contributed by atoms with van der Waals surface area (Å²) in [6.45, 7) is 0. The summed E-state index contributed by atoms with van der Waals surface area (Å²) in [5.74, 6) is 0. The summed E-state index contributed by atoms with van der Waals surface area (Å²) in [6.07, 6.45) is 0. The third-order valence-corrected chi connectivity index (χ3v) is 3.71. The Balaban J connectivity index is 2.72. The van der Waals surface area contributed by atoms with Gasteiger partial charge in [-0.1, -0.05) is 18.2 Å². The van der Waals surface area contributed by atoms with Crippen molar-refractivity contribution in [3.63, 3.8) is 0 Å². The Morgan fingerprint density at radius 1 is 1.29 bits per heavy atom. The molecular weight excluding hydrogens is 264 g/mol. The Morgan fingerprint density at radius 3 is 2.47 bits per heavy atom. The molecule has 1 aromatic carbocycles. The number of aryl methyl sites for hydroxylation is 1. The summed E-state index contributed by atoms with van der Waals surface area (Å²) in [5.41, 5.74) is 0.541. The van der Waals surface area contributed by atoms with Crippen molar-refractivity contribution in [2.24, 2.45) is 7.05 Å². The van der Waals surface area contributed by atoms with E-state index in [1.165, 1.54) is 16.8 Å². The predicted molar refractivity (Wildman–Crippen MR) is 64.5 cm³/mol. The van der Waals surface area contributed by atoms with E-state index in [9.17, 15) is 13.2 Å². The first-order valence-electron chi connectivity index (χ1n) is 4.70. The Bertz CT molecular complexity index is 715. The molecule has 0 saturated carbocycles. The number of nitrogens with one attached hydrogen (secondary N) is 1. The summed E-state index contributed by atoms with van der Waals surface area (Å²) >= 11 is 0. The van der Waals surface area contributed by atoms with E-state index in [1.54, 1.807) is 25.2 Å². The molecule has 0 unspecified atom stereocenters. The molecule has 90 valence electrons. The molecule has 0 fully saturated rings. The highest BCUT2D eigenvalue weighted by Crippen LogP contribution is 2.27. The van der Waals surface area contributed by atoms with Gasteiger partial charge in [-0.05, 0) is 6.07 Å². The molecule has 1 heterocycles. The first-order chi connectivity index (χ1) is 7.89. The summed E-state index contributed by atoms with van der Waals surface area (Å²) in [5, 5.41) is 2.75. The number of hydrogen-bond acceptors (Lipinski definition) is 3. The van der Waals surface area contributed by atoms with E-state index in [0.29, 0.717) is 11.3 Å². The molecule has 2 rings (SSSR count). The lowest BCUT2D eigenvalue weighted by Gasteiger charge is -2.03. The minimum atomic E-state index is -3.84. The van der Waals surface area contributed by atoms with Gasteiger partial charge < -0.3 is 0 Å². The molecule has 0 saturated heterocycles. The Hall–Kier alpha value is -1.53. The van der Waals surface area contributed by atoms with Crippen molar-refractivity contribution in [2.75, 3.05) is 0 Å². The van der Waals surface area contributed by atoms with Crippen molar-refractivity contribution >= 4 is 19.7 Å². The van der Waals surface area contributed by atoms with Crippen LogP contribution >= 0.6 is 10.7 Å². The van der Waals surface area contributed by atoms with Crippen LogP contribution in [0, 0.1) is 0 Å². The predicted octanol–water partition coefficient (Wildman–Crippen LogP) is 1.31. The third kappa shape index (κ3) is 2.27. The summed E-state index contributed by atoms with van der Waals surface area (Å²) in [4.78, 5) is 11.3. The molecule has 1 aromatic heterocycles. The lowest BCUT2D eigenvalue weighted by molar-refractivity contribution is 0.610. The molecule has 0 bridgehead atoms.